The summed E-state index contributed by atoms with van der Waals surface area (Å²) in [6, 6.07) is 11.5. The number of thioether (sulfide) groups is 1. The van der Waals surface area contributed by atoms with Gasteiger partial charge in [-0.2, -0.15) is 0 Å². The quantitative estimate of drug-likeness (QED) is 0.449. The standard InChI is InChI=1S/C22H21ClN2O5S/c1-2-3-20(27)24-15-7-4-13(5-8-15)17(26)12-30-21(28)11-19-22(29)25-16-10-14(23)6-9-18(16)31-19/h4-10,19H,2-3,11-12H2,1H3,(H,24,27)(H,25,29). The second kappa shape index (κ2) is 10.5. The van der Waals surface area contributed by atoms with Gasteiger partial charge in [0.2, 0.25) is 11.8 Å². The van der Waals surface area contributed by atoms with E-state index < -0.39 is 17.8 Å². The summed E-state index contributed by atoms with van der Waals surface area (Å²) in [4.78, 5) is 49.1. The summed E-state index contributed by atoms with van der Waals surface area (Å²) in [6.45, 7) is 1.49. The van der Waals surface area contributed by atoms with Gasteiger partial charge < -0.3 is 15.4 Å². The Labute approximate surface area is 188 Å². The van der Waals surface area contributed by atoms with Gasteiger partial charge in [0, 0.05) is 27.6 Å². The molecule has 2 N–H and O–H groups in total. The Bertz CT molecular complexity index is 1010. The first-order valence-corrected chi connectivity index (χ1v) is 11.0. The van der Waals surface area contributed by atoms with Crippen molar-refractivity contribution in [3.8, 4) is 0 Å². The minimum Gasteiger partial charge on any atom is -0.457 e. The van der Waals surface area contributed by atoms with Gasteiger partial charge >= 0.3 is 5.97 Å². The molecule has 1 atom stereocenters. The van der Waals surface area contributed by atoms with Gasteiger partial charge in [-0.25, -0.2) is 0 Å². The van der Waals surface area contributed by atoms with Crippen LogP contribution in [0.5, 0.6) is 0 Å². The third-order valence-electron chi connectivity index (χ3n) is 4.45. The summed E-state index contributed by atoms with van der Waals surface area (Å²) >= 11 is 7.18. The Hall–Kier alpha value is -2.84. The number of benzene rings is 2. The molecule has 2 aromatic carbocycles. The van der Waals surface area contributed by atoms with E-state index in [9.17, 15) is 19.2 Å². The summed E-state index contributed by atoms with van der Waals surface area (Å²) in [7, 11) is 0. The maximum absolute atomic E-state index is 12.3. The van der Waals surface area contributed by atoms with Crippen LogP contribution in [0.2, 0.25) is 5.02 Å². The van der Waals surface area contributed by atoms with Gasteiger partial charge in [-0.3, -0.25) is 19.2 Å². The normalized spacial score (nSPS) is 14.9. The number of rotatable bonds is 8. The average Bonchev–Trinajstić information content (AvgIpc) is 2.73. The SMILES string of the molecule is CCCC(=O)Nc1ccc(C(=O)COC(=O)CC2Sc3ccc(Cl)cc3NC2=O)cc1. The summed E-state index contributed by atoms with van der Waals surface area (Å²) in [6.07, 6.45) is 1.01. The van der Waals surface area contributed by atoms with E-state index in [2.05, 4.69) is 10.6 Å². The van der Waals surface area contributed by atoms with Crippen molar-refractivity contribution >= 4 is 58.3 Å². The predicted octanol–water partition coefficient (Wildman–Crippen LogP) is 4.31. The highest BCUT2D eigenvalue weighted by Gasteiger charge is 2.30. The zero-order valence-electron chi connectivity index (χ0n) is 16.8. The first-order chi connectivity index (χ1) is 14.9. The summed E-state index contributed by atoms with van der Waals surface area (Å²) in [5.41, 5.74) is 1.56. The minimum atomic E-state index is -0.651. The molecule has 0 fully saturated rings. The third-order valence-corrected chi connectivity index (χ3v) is 5.96. The third kappa shape index (κ3) is 6.32. The van der Waals surface area contributed by atoms with Crippen LogP contribution < -0.4 is 10.6 Å². The highest BCUT2D eigenvalue weighted by Crippen LogP contribution is 2.38. The highest BCUT2D eigenvalue weighted by atomic mass is 35.5. The second-order valence-electron chi connectivity index (χ2n) is 6.90. The molecule has 0 radical (unpaired) electrons. The lowest BCUT2D eigenvalue weighted by atomic mass is 10.1. The lowest BCUT2D eigenvalue weighted by Crippen LogP contribution is -2.31. The maximum atomic E-state index is 12.3. The van der Waals surface area contributed by atoms with Crippen molar-refractivity contribution in [1.82, 2.24) is 0 Å². The number of hydrogen-bond acceptors (Lipinski definition) is 6. The number of fused-ring (bicyclic) bond motifs is 1. The highest BCUT2D eigenvalue weighted by molar-refractivity contribution is 8.01. The molecule has 0 saturated heterocycles. The molecule has 0 aliphatic carbocycles. The van der Waals surface area contributed by atoms with E-state index in [1.54, 1.807) is 42.5 Å². The summed E-state index contributed by atoms with van der Waals surface area (Å²) in [5, 5.41) is 5.32. The Morgan fingerprint density at radius 1 is 1.16 bits per heavy atom. The van der Waals surface area contributed by atoms with Crippen LogP contribution in [0.25, 0.3) is 0 Å². The molecule has 162 valence electrons. The molecule has 0 bridgehead atoms. The fraction of sp³-hybridized carbons (Fsp3) is 0.273. The van der Waals surface area contributed by atoms with Gasteiger partial charge in [-0.15, -0.1) is 11.8 Å². The molecule has 31 heavy (non-hydrogen) atoms. The van der Waals surface area contributed by atoms with Crippen molar-refractivity contribution < 1.29 is 23.9 Å². The Morgan fingerprint density at radius 2 is 1.90 bits per heavy atom. The Morgan fingerprint density at radius 3 is 2.61 bits per heavy atom. The number of carbonyl (C=O) groups excluding carboxylic acids is 4. The first kappa shape index (κ1) is 22.8. The van der Waals surface area contributed by atoms with Crippen LogP contribution in [0.4, 0.5) is 11.4 Å². The monoisotopic (exact) mass is 460 g/mol. The molecule has 0 saturated carbocycles. The first-order valence-electron chi connectivity index (χ1n) is 9.71. The van der Waals surface area contributed by atoms with Gasteiger partial charge in [0.25, 0.3) is 0 Å². The van der Waals surface area contributed by atoms with E-state index in [0.717, 1.165) is 11.3 Å². The molecule has 1 aliphatic rings. The zero-order chi connectivity index (χ0) is 22.4. The van der Waals surface area contributed by atoms with E-state index in [1.165, 1.54) is 11.8 Å². The molecule has 1 unspecified atom stereocenters. The van der Waals surface area contributed by atoms with Gasteiger partial charge in [0.1, 0.15) is 0 Å². The molecule has 2 amide bonds. The largest absolute Gasteiger partial charge is 0.457 e. The predicted molar refractivity (Wildman–Crippen MR) is 120 cm³/mol. The molecule has 1 aliphatic heterocycles. The van der Waals surface area contributed by atoms with Crippen molar-refractivity contribution in [2.75, 3.05) is 17.2 Å². The van der Waals surface area contributed by atoms with Gasteiger partial charge in [-0.05, 0) is 48.9 Å². The lowest BCUT2D eigenvalue weighted by Gasteiger charge is -2.23. The summed E-state index contributed by atoms with van der Waals surface area (Å²) < 4.78 is 5.07. The number of halogens is 1. The van der Waals surface area contributed by atoms with Crippen LogP contribution in [0.1, 0.15) is 36.5 Å². The molecule has 3 rings (SSSR count). The number of esters is 1. The van der Waals surface area contributed by atoms with Crippen LogP contribution in [-0.4, -0.2) is 35.4 Å². The van der Waals surface area contributed by atoms with Crippen LogP contribution in [-0.2, 0) is 19.1 Å². The molecule has 1 heterocycles. The number of hydrogen-bond donors (Lipinski definition) is 2. The Kier molecular flexibility index (Phi) is 7.70. The summed E-state index contributed by atoms with van der Waals surface area (Å²) in [5.74, 6) is -1.42. The molecule has 0 aromatic heterocycles. The molecular formula is C22H21ClN2O5S. The van der Waals surface area contributed by atoms with E-state index in [4.69, 9.17) is 16.3 Å². The van der Waals surface area contributed by atoms with Crippen molar-refractivity contribution in [2.45, 2.75) is 36.3 Å². The number of ether oxygens (including phenoxy) is 1. The van der Waals surface area contributed by atoms with Crippen molar-refractivity contribution in [2.24, 2.45) is 0 Å². The second-order valence-corrected chi connectivity index (χ2v) is 8.58. The number of ketones is 1. The minimum absolute atomic E-state index is 0.0918. The number of Topliss-reactive ketones (excluding diaryl/α,β-unsaturated/α-hetero) is 1. The van der Waals surface area contributed by atoms with Crippen LogP contribution in [0.3, 0.4) is 0 Å². The molecule has 0 spiro atoms. The van der Waals surface area contributed by atoms with E-state index in [0.29, 0.717) is 28.4 Å². The molecule has 2 aromatic rings. The van der Waals surface area contributed by atoms with E-state index in [-0.39, 0.29) is 24.0 Å². The number of nitrogens with one attached hydrogen (secondary N) is 2. The molecular weight excluding hydrogens is 440 g/mol. The van der Waals surface area contributed by atoms with Gasteiger partial charge in [-0.1, -0.05) is 18.5 Å². The topological polar surface area (TPSA) is 102 Å². The van der Waals surface area contributed by atoms with Crippen LogP contribution >= 0.6 is 23.4 Å². The Balaban J connectivity index is 1.49. The molecule has 7 nitrogen and oxygen atoms in total. The van der Waals surface area contributed by atoms with E-state index >= 15 is 0 Å². The smallest absolute Gasteiger partial charge is 0.307 e. The maximum Gasteiger partial charge on any atom is 0.307 e. The number of carbonyl (C=O) groups is 4. The van der Waals surface area contributed by atoms with Crippen LogP contribution in [0, 0.1) is 0 Å². The fourth-order valence-corrected chi connectivity index (χ4v) is 4.13. The zero-order valence-corrected chi connectivity index (χ0v) is 18.3. The molecule has 9 heteroatoms. The number of anilines is 2. The average molecular weight is 461 g/mol. The van der Waals surface area contributed by atoms with Gasteiger partial charge in [0.15, 0.2) is 12.4 Å². The lowest BCUT2D eigenvalue weighted by molar-refractivity contribution is -0.143. The van der Waals surface area contributed by atoms with Crippen molar-refractivity contribution in [1.29, 1.82) is 0 Å². The van der Waals surface area contributed by atoms with Crippen molar-refractivity contribution in [3.05, 3.63) is 53.1 Å². The number of amides is 2. The van der Waals surface area contributed by atoms with E-state index in [1.807, 2.05) is 6.92 Å². The van der Waals surface area contributed by atoms with Crippen LogP contribution in [0.15, 0.2) is 47.4 Å². The van der Waals surface area contributed by atoms with Crippen molar-refractivity contribution in [3.63, 3.8) is 0 Å². The van der Waals surface area contributed by atoms with Gasteiger partial charge in [0.05, 0.1) is 17.4 Å². The fourth-order valence-electron chi connectivity index (χ4n) is 2.89.